The van der Waals surface area contributed by atoms with Crippen LogP contribution in [0.4, 0.5) is 0 Å². The Labute approximate surface area is 168 Å². The van der Waals surface area contributed by atoms with E-state index in [0.717, 1.165) is 22.6 Å². The summed E-state index contributed by atoms with van der Waals surface area (Å²) >= 11 is 1.55. The fourth-order valence-corrected chi connectivity index (χ4v) is 5.84. The monoisotopic (exact) mass is 415 g/mol. The highest BCUT2D eigenvalue weighted by Gasteiger charge is 2.32. The van der Waals surface area contributed by atoms with Gasteiger partial charge >= 0.3 is 0 Å². The third-order valence-corrected chi connectivity index (χ3v) is 7.48. The molecule has 2 aromatic heterocycles. The van der Waals surface area contributed by atoms with Gasteiger partial charge in [0.25, 0.3) is 5.91 Å². The zero-order valence-corrected chi connectivity index (χ0v) is 16.9. The maximum Gasteiger partial charge on any atom is 0.271 e. The highest BCUT2D eigenvalue weighted by atomic mass is 32.2. The standard InChI is InChI=1S/C20H21N3O3S2/c24-20(21-10-8-15-5-2-1-3-6-15)17-13-18(19-7-4-11-27-19)23(22-17)16-9-12-28(25,26)14-16/h1-7,11,13,16H,8-10,12,14H2,(H,21,24)/t16-/m0/s1. The summed E-state index contributed by atoms with van der Waals surface area (Å²) in [4.78, 5) is 13.6. The van der Waals surface area contributed by atoms with Crippen molar-refractivity contribution in [3.05, 3.63) is 65.2 Å². The van der Waals surface area contributed by atoms with Crippen LogP contribution < -0.4 is 5.32 Å². The van der Waals surface area contributed by atoms with Crippen molar-refractivity contribution >= 4 is 27.1 Å². The molecule has 6 nitrogen and oxygen atoms in total. The van der Waals surface area contributed by atoms with Crippen LogP contribution in [0.5, 0.6) is 0 Å². The first-order valence-electron chi connectivity index (χ1n) is 9.18. The normalized spacial score (nSPS) is 18.2. The molecule has 3 aromatic rings. The van der Waals surface area contributed by atoms with Crippen LogP contribution in [0, 0.1) is 0 Å². The van der Waals surface area contributed by atoms with Gasteiger partial charge in [-0.15, -0.1) is 11.3 Å². The molecule has 0 radical (unpaired) electrons. The van der Waals surface area contributed by atoms with Crippen LogP contribution in [-0.2, 0) is 16.3 Å². The van der Waals surface area contributed by atoms with E-state index in [9.17, 15) is 13.2 Å². The van der Waals surface area contributed by atoms with Crippen molar-refractivity contribution in [3.63, 3.8) is 0 Å². The van der Waals surface area contributed by atoms with E-state index < -0.39 is 9.84 Å². The second-order valence-electron chi connectivity index (χ2n) is 6.89. The van der Waals surface area contributed by atoms with Gasteiger partial charge in [0, 0.05) is 6.54 Å². The molecule has 0 bridgehead atoms. The van der Waals surface area contributed by atoms with E-state index in [4.69, 9.17) is 0 Å². The first-order chi connectivity index (χ1) is 13.5. The van der Waals surface area contributed by atoms with Gasteiger partial charge in [0.05, 0.1) is 28.1 Å². The Morgan fingerprint density at radius 1 is 1.21 bits per heavy atom. The van der Waals surface area contributed by atoms with E-state index in [1.807, 2.05) is 47.8 Å². The van der Waals surface area contributed by atoms with Gasteiger partial charge in [0.1, 0.15) is 0 Å². The molecule has 1 fully saturated rings. The lowest BCUT2D eigenvalue weighted by Crippen LogP contribution is -2.26. The smallest absolute Gasteiger partial charge is 0.271 e. The quantitative estimate of drug-likeness (QED) is 0.671. The van der Waals surface area contributed by atoms with Crippen molar-refractivity contribution < 1.29 is 13.2 Å². The number of nitrogens with zero attached hydrogens (tertiary/aromatic N) is 2. The predicted molar refractivity (Wildman–Crippen MR) is 110 cm³/mol. The van der Waals surface area contributed by atoms with Gasteiger partial charge in [-0.05, 0) is 35.9 Å². The van der Waals surface area contributed by atoms with Gasteiger partial charge in [-0.2, -0.15) is 5.10 Å². The molecular formula is C20H21N3O3S2. The Bertz CT molecular complexity index is 1060. The molecular weight excluding hydrogens is 394 g/mol. The summed E-state index contributed by atoms with van der Waals surface area (Å²) in [6.07, 6.45) is 1.27. The highest BCUT2D eigenvalue weighted by Crippen LogP contribution is 2.32. The van der Waals surface area contributed by atoms with Gasteiger partial charge in [-0.3, -0.25) is 9.48 Å². The fourth-order valence-electron chi connectivity index (χ4n) is 3.42. The Morgan fingerprint density at radius 2 is 2.04 bits per heavy atom. The van der Waals surface area contributed by atoms with Crippen molar-refractivity contribution in [2.45, 2.75) is 18.9 Å². The summed E-state index contributed by atoms with van der Waals surface area (Å²) in [7, 11) is -3.04. The molecule has 1 N–H and O–H groups in total. The predicted octanol–water partition coefficient (Wildman–Crippen LogP) is 2.94. The lowest BCUT2D eigenvalue weighted by atomic mass is 10.1. The second-order valence-corrected chi connectivity index (χ2v) is 10.1. The van der Waals surface area contributed by atoms with Gasteiger partial charge in [-0.25, -0.2) is 8.42 Å². The molecule has 1 aliphatic heterocycles. The number of nitrogens with one attached hydrogen (secondary N) is 1. The van der Waals surface area contributed by atoms with Crippen molar-refractivity contribution in [3.8, 4) is 10.6 Å². The van der Waals surface area contributed by atoms with E-state index in [-0.39, 0.29) is 23.5 Å². The zero-order valence-electron chi connectivity index (χ0n) is 15.2. The number of sulfone groups is 1. The third kappa shape index (κ3) is 4.18. The van der Waals surface area contributed by atoms with Crippen LogP contribution in [0.15, 0.2) is 53.9 Å². The largest absolute Gasteiger partial charge is 0.350 e. The lowest BCUT2D eigenvalue weighted by molar-refractivity contribution is 0.0948. The molecule has 0 saturated carbocycles. The summed E-state index contributed by atoms with van der Waals surface area (Å²) in [5.74, 6) is -0.00405. The third-order valence-electron chi connectivity index (χ3n) is 4.84. The first kappa shape index (κ1) is 18.9. The minimum absolute atomic E-state index is 0.0715. The van der Waals surface area contributed by atoms with Gasteiger partial charge < -0.3 is 5.32 Å². The van der Waals surface area contributed by atoms with Crippen LogP contribution in [-0.4, -0.2) is 42.2 Å². The van der Waals surface area contributed by atoms with Crippen molar-refractivity contribution in [1.29, 1.82) is 0 Å². The maximum atomic E-state index is 12.6. The Hall–Kier alpha value is -2.45. The number of hydrogen-bond donors (Lipinski definition) is 1. The van der Waals surface area contributed by atoms with Crippen LogP contribution in [0.2, 0.25) is 0 Å². The number of benzene rings is 1. The number of rotatable bonds is 6. The molecule has 0 unspecified atom stereocenters. The zero-order chi connectivity index (χ0) is 19.6. The summed E-state index contributed by atoms with van der Waals surface area (Å²) in [5.41, 5.74) is 2.27. The highest BCUT2D eigenvalue weighted by molar-refractivity contribution is 7.91. The second kappa shape index (κ2) is 7.89. The molecule has 3 heterocycles. The molecule has 0 spiro atoms. The number of aromatic nitrogens is 2. The molecule has 1 aromatic carbocycles. The lowest BCUT2D eigenvalue weighted by Gasteiger charge is -2.12. The van der Waals surface area contributed by atoms with Crippen molar-refractivity contribution in [2.24, 2.45) is 0 Å². The summed E-state index contributed by atoms with van der Waals surface area (Å²) in [6.45, 7) is 0.516. The van der Waals surface area contributed by atoms with Crippen molar-refractivity contribution in [2.75, 3.05) is 18.1 Å². The van der Waals surface area contributed by atoms with E-state index in [1.165, 1.54) is 0 Å². The fraction of sp³-hybridized carbons (Fsp3) is 0.300. The molecule has 1 amide bonds. The molecule has 1 atom stereocenters. The maximum absolute atomic E-state index is 12.6. The Balaban J connectivity index is 1.52. The molecule has 8 heteroatoms. The number of amides is 1. The first-order valence-corrected chi connectivity index (χ1v) is 11.9. The van der Waals surface area contributed by atoms with Gasteiger partial charge in [0.2, 0.25) is 0 Å². The average molecular weight is 416 g/mol. The number of thiophene rings is 1. The number of carbonyl (C=O) groups is 1. The van der Waals surface area contributed by atoms with Crippen LogP contribution >= 0.6 is 11.3 Å². The van der Waals surface area contributed by atoms with Gasteiger partial charge in [-0.1, -0.05) is 36.4 Å². The minimum Gasteiger partial charge on any atom is -0.350 e. The number of hydrogen-bond acceptors (Lipinski definition) is 5. The topological polar surface area (TPSA) is 81.1 Å². The molecule has 4 rings (SSSR count). The average Bonchev–Trinajstić information content (AvgIpc) is 3.41. The number of carbonyl (C=O) groups excluding carboxylic acids is 1. The van der Waals surface area contributed by atoms with Crippen molar-refractivity contribution in [1.82, 2.24) is 15.1 Å². The SMILES string of the molecule is O=C(NCCc1ccccc1)c1cc(-c2cccs2)n([C@H]2CCS(=O)(=O)C2)n1. The van der Waals surface area contributed by atoms with Crippen LogP contribution in [0.25, 0.3) is 10.6 Å². The van der Waals surface area contributed by atoms with Crippen LogP contribution in [0.1, 0.15) is 28.5 Å². The van der Waals surface area contributed by atoms with E-state index in [2.05, 4.69) is 10.4 Å². The van der Waals surface area contributed by atoms with E-state index in [0.29, 0.717) is 18.7 Å². The van der Waals surface area contributed by atoms with Crippen LogP contribution in [0.3, 0.4) is 0 Å². The van der Waals surface area contributed by atoms with E-state index in [1.54, 1.807) is 22.1 Å². The van der Waals surface area contributed by atoms with E-state index >= 15 is 0 Å². The molecule has 146 valence electrons. The Morgan fingerprint density at radius 3 is 2.71 bits per heavy atom. The summed E-state index contributed by atoms with van der Waals surface area (Å²) in [6, 6.07) is 15.4. The Kier molecular flexibility index (Phi) is 5.32. The molecule has 0 aliphatic carbocycles. The molecule has 1 saturated heterocycles. The summed E-state index contributed by atoms with van der Waals surface area (Å²) < 4.78 is 25.5. The minimum atomic E-state index is -3.04. The van der Waals surface area contributed by atoms with Gasteiger partial charge in [0.15, 0.2) is 15.5 Å². The summed E-state index contributed by atoms with van der Waals surface area (Å²) in [5, 5.41) is 9.35. The molecule has 1 aliphatic rings. The molecule has 28 heavy (non-hydrogen) atoms.